The van der Waals surface area contributed by atoms with Crippen molar-refractivity contribution in [2.75, 3.05) is 7.05 Å². The number of carbonyl (C=O) groups excluding carboxylic acids is 2. The number of carboxylic acid groups (broad SMARTS) is 2. The van der Waals surface area contributed by atoms with Crippen LogP contribution in [0.3, 0.4) is 0 Å². The average molecular weight is 290 g/mol. The van der Waals surface area contributed by atoms with Crippen molar-refractivity contribution < 1.29 is 29.8 Å². The highest BCUT2D eigenvalue weighted by molar-refractivity contribution is 5.87. The first-order valence-corrected chi connectivity index (χ1v) is 6.43. The summed E-state index contributed by atoms with van der Waals surface area (Å²) in [6.45, 7) is 1.60. The first kappa shape index (κ1) is 18.2. The maximum Gasteiger partial charge on any atom is 0.503 e. The Morgan fingerprint density at radius 3 is 2.00 bits per heavy atom. The Morgan fingerprint density at radius 2 is 1.60 bits per heavy atom. The lowest BCUT2D eigenvalue weighted by Gasteiger charge is -2.29. The molecular weight excluding hydrogens is 268 g/mol. The Labute approximate surface area is 117 Å². The monoisotopic (exact) mass is 290 g/mol. The highest BCUT2D eigenvalue weighted by Gasteiger charge is 2.28. The minimum atomic E-state index is -1.83. The number of nitrogens with one attached hydrogen (secondary N) is 1. The molecule has 0 heterocycles. The Bertz CT molecular complexity index is 337. The second-order valence-electron chi connectivity index (χ2n) is 4.72. The standard InChI is InChI=1S/C11H20N2O3.CH2O3/c1-8(10(14)12-16)13(2)11(15)9-6-4-3-5-7-9;2-1(3)4/h8-9,16H,3-7H2,1-2H3,(H,12,14);(H2,2,3,4). The van der Waals surface area contributed by atoms with Crippen LogP contribution in [-0.4, -0.2) is 51.4 Å². The molecule has 8 nitrogen and oxygen atoms in total. The lowest BCUT2D eigenvalue weighted by atomic mass is 9.88. The molecule has 4 N–H and O–H groups in total. The van der Waals surface area contributed by atoms with Crippen LogP contribution in [0.4, 0.5) is 4.79 Å². The van der Waals surface area contributed by atoms with E-state index in [1.165, 1.54) is 11.3 Å². The minimum absolute atomic E-state index is 0.0100. The van der Waals surface area contributed by atoms with Crippen LogP contribution < -0.4 is 5.48 Å². The van der Waals surface area contributed by atoms with Gasteiger partial charge >= 0.3 is 6.16 Å². The summed E-state index contributed by atoms with van der Waals surface area (Å²) < 4.78 is 0. The third-order valence-corrected chi connectivity index (χ3v) is 3.37. The molecule has 1 atom stereocenters. The van der Waals surface area contributed by atoms with Crippen LogP contribution in [-0.2, 0) is 9.59 Å². The maximum absolute atomic E-state index is 12.0. The van der Waals surface area contributed by atoms with Gasteiger partial charge in [0, 0.05) is 13.0 Å². The van der Waals surface area contributed by atoms with Crippen LogP contribution >= 0.6 is 0 Å². The zero-order chi connectivity index (χ0) is 15.7. The van der Waals surface area contributed by atoms with Gasteiger partial charge in [-0.25, -0.2) is 10.3 Å². The fourth-order valence-corrected chi connectivity index (χ4v) is 2.10. The molecule has 0 bridgehead atoms. The van der Waals surface area contributed by atoms with E-state index in [-0.39, 0.29) is 11.8 Å². The predicted molar refractivity (Wildman–Crippen MR) is 69.4 cm³/mol. The van der Waals surface area contributed by atoms with Gasteiger partial charge < -0.3 is 15.1 Å². The second kappa shape index (κ2) is 9.13. The fourth-order valence-electron chi connectivity index (χ4n) is 2.10. The molecule has 1 unspecified atom stereocenters. The van der Waals surface area contributed by atoms with Gasteiger partial charge in [-0.15, -0.1) is 0 Å². The smallest absolute Gasteiger partial charge is 0.450 e. The summed E-state index contributed by atoms with van der Waals surface area (Å²) in [5.74, 6) is -0.491. The number of hydrogen-bond acceptors (Lipinski definition) is 4. The lowest BCUT2D eigenvalue weighted by molar-refractivity contribution is -0.145. The van der Waals surface area contributed by atoms with Crippen molar-refractivity contribution >= 4 is 18.0 Å². The first-order valence-electron chi connectivity index (χ1n) is 6.43. The number of likely N-dealkylation sites (N-methyl/N-ethyl adjacent to an activating group) is 1. The van der Waals surface area contributed by atoms with Gasteiger partial charge in [-0.05, 0) is 19.8 Å². The Hall–Kier alpha value is -1.83. The summed E-state index contributed by atoms with van der Waals surface area (Å²) >= 11 is 0. The van der Waals surface area contributed by atoms with Crippen LogP contribution in [0.15, 0.2) is 0 Å². The average Bonchev–Trinajstić information content (AvgIpc) is 2.44. The molecule has 116 valence electrons. The molecule has 1 saturated carbocycles. The zero-order valence-electron chi connectivity index (χ0n) is 11.7. The number of hydrogen-bond donors (Lipinski definition) is 4. The lowest BCUT2D eigenvalue weighted by Crippen LogP contribution is -2.47. The summed E-state index contributed by atoms with van der Waals surface area (Å²) in [5, 5.41) is 22.5. The first-order chi connectivity index (χ1) is 9.31. The number of carbonyl (C=O) groups is 3. The third-order valence-electron chi connectivity index (χ3n) is 3.37. The van der Waals surface area contributed by atoms with E-state index < -0.39 is 18.1 Å². The molecule has 0 aliphatic heterocycles. The molecule has 0 aromatic rings. The summed E-state index contributed by atoms with van der Waals surface area (Å²) in [6.07, 6.45) is 3.36. The molecule has 0 aromatic heterocycles. The molecule has 2 amide bonds. The topological polar surface area (TPSA) is 127 Å². The molecule has 1 aliphatic rings. The van der Waals surface area contributed by atoms with Crippen LogP contribution in [0.1, 0.15) is 39.0 Å². The van der Waals surface area contributed by atoms with Crippen molar-refractivity contribution in [1.82, 2.24) is 10.4 Å². The summed E-state index contributed by atoms with van der Waals surface area (Å²) in [7, 11) is 1.61. The molecule has 8 heteroatoms. The van der Waals surface area contributed by atoms with Gasteiger partial charge in [-0.3, -0.25) is 14.8 Å². The largest absolute Gasteiger partial charge is 0.503 e. The molecule has 0 radical (unpaired) electrons. The number of rotatable bonds is 3. The summed E-state index contributed by atoms with van der Waals surface area (Å²) in [5.41, 5.74) is 1.57. The molecule has 20 heavy (non-hydrogen) atoms. The van der Waals surface area contributed by atoms with E-state index in [1.807, 2.05) is 0 Å². The summed E-state index contributed by atoms with van der Waals surface area (Å²) in [4.78, 5) is 33.2. The fraction of sp³-hybridized carbons (Fsp3) is 0.750. The van der Waals surface area contributed by atoms with Gasteiger partial charge in [0.1, 0.15) is 6.04 Å². The predicted octanol–water partition coefficient (Wildman–Crippen LogP) is 1.14. The minimum Gasteiger partial charge on any atom is -0.450 e. The van der Waals surface area contributed by atoms with E-state index in [9.17, 15) is 9.59 Å². The normalized spacial score (nSPS) is 16.4. The van der Waals surface area contributed by atoms with Crippen LogP contribution in [0, 0.1) is 5.92 Å². The van der Waals surface area contributed by atoms with E-state index in [2.05, 4.69) is 0 Å². The van der Waals surface area contributed by atoms with Gasteiger partial charge in [-0.1, -0.05) is 19.3 Å². The van der Waals surface area contributed by atoms with Crippen molar-refractivity contribution in [2.24, 2.45) is 5.92 Å². The molecule has 1 rings (SSSR count). The zero-order valence-corrected chi connectivity index (χ0v) is 11.7. The van der Waals surface area contributed by atoms with Crippen molar-refractivity contribution in [3.05, 3.63) is 0 Å². The molecule has 1 fully saturated rings. The molecule has 0 spiro atoms. The van der Waals surface area contributed by atoms with E-state index in [1.54, 1.807) is 19.5 Å². The van der Waals surface area contributed by atoms with E-state index in [0.29, 0.717) is 0 Å². The SMILES string of the molecule is CC(C(=O)NO)N(C)C(=O)C1CCCCC1.O=C(O)O. The van der Waals surface area contributed by atoms with Gasteiger partial charge in [-0.2, -0.15) is 0 Å². The maximum atomic E-state index is 12.0. The van der Waals surface area contributed by atoms with E-state index in [4.69, 9.17) is 20.2 Å². The van der Waals surface area contributed by atoms with Crippen LogP contribution in [0.5, 0.6) is 0 Å². The molecule has 0 saturated heterocycles. The second-order valence-corrected chi connectivity index (χ2v) is 4.72. The van der Waals surface area contributed by atoms with Crippen molar-refractivity contribution in [2.45, 2.75) is 45.1 Å². The van der Waals surface area contributed by atoms with Gasteiger partial charge in [0.15, 0.2) is 0 Å². The van der Waals surface area contributed by atoms with Crippen LogP contribution in [0.2, 0.25) is 0 Å². The van der Waals surface area contributed by atoms with Crippen molar-refractivity contribution in [3.8, 4) is 0 Å². The Kier molecular flexibility index (Phi) is 8.30. The molecule has 1 aliphatic carbocycles. The van der Waals surface area contributed by atoms with Gasteiger partial charge in [0.05, 0.1) is 0 Å². The van der Waals surface area contributed by atoms with Gasteiger partial charge in [0.2, 0.25) is 5.91 Å². The number of nitrogens with zero attached hydrogens (tertiary/aromatic N) is 1. The Balaban J connectivity index is 0.000000796. The number of hydroxylamine groups is 1. The Morgan fingerprint density at radius 1 is 1.15 bits per heavy atom. The highest BCUT2D eigenvalue weighted by atomic mass is 16.6. The molecule has 0 aromatic carbocycles. The van der Waals surface area contributed by atoms with Gasteiger partial charge in [0.25, 0.3) is 5.91 Å². The molecular formula is C12H22N2O6. The van der Waals surface area contributed by atoms with E-state index >= 15 is 0 Å². The van der Waals surface area contributed by atoms with Crippen LogP contribution in [0.25, 0.3) is 0 Å². The van der Waals surface area contributed by atoms with Crippen molar-refractivity contribution in [1.29, 1.82) is 0 Å². The third kappa shape index (κ3) is 6.37. The highest BCUT2D eigenvalue weighted by Crippen LogP contribution is 2.25. The van der Waals surface area contributed by atoms with E-state index in [0.717, 1.165) is 25.7 Å². The number of amides is 2. The summed E-state index contributed by atoms with van der Waals surface area (Å²) in [6, 6.07) is -0.626. The quantitative estimate of drug-likeness (QED) is 0.456. The van der Waals surface area contributed by atoms with Crippen molar-refractivity contribution in [3.63, 3.8) is 0 Å².